The van der Waals surface area contributed by atoms with Crippen LogP contribution in [0.2, 0.25) is 0 Å². The van der Waals surface area contributed by atoms with Gasteiger partial charge in [-0.15, -0.1) is 0 Å². The molecule has 2 heterocycles. The molecule has 0 aromatic heterocycles. The van der Waals surface area contributed by atoms with Crippen molar-refractivity contribution in [2.45, 2.75) is 12.5 Å². The number of para-hydroxylation sites is 2. The molecule has 4 rings (SSSR count). The number of fused-ring (bicyclic) bond motifs is 1. The lowest BCUT2D eigenvalue weighted by molar-refractivity contribution is 0.399. The zero-order chi connectivity index (χ0) is 15.1. The van der Waals surface area contributed by atoms with E-state index in [0.717, 1.165) is 43.1 Å². The van der Waals surface area contributed by atoms with Crippen LogP contribution in [-0.4, -0.2) is 19.3 Å². The molecular weight excluding hydrogens is 306 g/mol. The summed E-state index contributed by atoms with van der Waals surface area (Å²) in [6.07, 6.45) is 1.27. The van der Waals surface area contributed by atoms with Gasteiger partial charge in [0.2, 0.25) is 0 Å². The van der Waals surface area contributed by atoms with Gasteiger partial charge in [0.25, 0.3) is 0 Å². The number of ether oxygens (including phenoxy) is 1. The van der Waals surface area contributed by atoms with Crippen molar-refractivity contribution in [1.29, 1.82) is 0 Å². The van der Waals surface area contributed by atoms with Crippen molar-refractivity contribution >= 4 is 29.2 Å². The number of hydrogen-bond acceptors (Lipinski definition) is 4. The summed E-state index contributed by atoms with van der Waals surface area (Å²) in [5, 5.41) is 0. The number of nitrogens with zero attached hydrogens (tertiary/aromatic N) is 2. The van der Waals surface area contributed by atoms with E-state index in [-0.39, 0.29) is 5.69 Å². The summed E-state index contributed by atoms with van der Waals surface area (Å²) in [6.45, 7) is 1.63. The topological polar surface area (TPSA) is 19.0 Å². The molecule has 3 nitrogen and oxygen atoms in total. The van der Waals surface area contributed by atoms with Crippen LogP contribution in [-0.2, 0) is 4.74 Å². The lowest BCUT2D eigenvalue weighted by Gasteiger charge is -2.19. The highest BCUT2D eigenvalue weighted by Crippen LogP contribution is 2.49. The molecule has 114 valence electrons. The van der Waals surface area contributed by atoms with Crippen LogP contribution >= 0.6 is 12.1 Å². The van der Waals surface area contributed by atoms with E-state index in [1.54, 1.807) is 4.31 Å². The van der Waals surface area contributed by atoms with Gasteiger partial charge in [-0.1, -0.05) is 12.1 Å². The van der Waals surface area contributed by atoms with Crippen LogP contribution in [0.3, 0.4) is 0 Å². The van der Waals surface area contributed by atoms with Crippen LogP contribution < -0.4 is 8.61 Å². The van der Waals surface area contributed by atoms with Crippen molar-refractivity contribution < 1.29 is 13.5 Å². The Morgan fingerprint density at radius 1 is 1.09 bits per heavy atom. The van der Waals surface area contributed by atoms with Crippen molar-refractivity contribution in [3.63, 3.8) is 0 Å². The first kappa shape index (κ1) is 13.8. The lowest BCUT2D eigenvalue weighted by atomic mass is 10.2. The summed E-state index contributed by atoms with van der Waals surface area (Å²) in [4.78, 5) is 0. The smallest absolute Gasteiger partial charge is 0.148 e. The van der Waals surface area contributed by atoms with Crippen molar-refractivity contribution in [3.05, 3.63) is 54.1 Å². The first-order chi connectivity index (χ1) is 10.7. The minimum atomic E-state index is -0.445. The maximum Gasteiger partial charge on any atom is 0.148 e. The summed E-state index contributed by atoms with van der Waals surface area (Å²) >= 11 is 1.39. The van der Waals surface area contributed by atoms with E-state index in [0.29, 0.717) is 6.10 Å². The Morgan fingerprint density at radius 2 is 1.86 bits per heavy atom. The van der Waals surface area contributed by atoms with Crippen molar-refractivity contribution in [2.75, 3.05) is 21.8 Å². The van der Waals surface area contributed by atoms with E-state index >= 15 is 0 Å². The third kappa shape index (κ3) is 2.53. The number of anilines is 3. The Kier molecular flexibility index (Phi) is 3.43. The predicted octanol–water partition coefficient (Wildman–Crippen LogP) is 4.28. The van der Waals surface area contributed by atoms with Gasteiger partial charge in [-0.3, -0.25) is 8.61 Å². The lowest BCUT2D eigenvalue weighted by Crippen LogP contribution is -2.16. The Labute approximate surface area is 131 Å². The Hall–Kier alpha value is -1.79. The number of benzene rings is 2. The highest BCUT2D eigenvalue weighted by atomic mass is 32.2. The maximum absolute atomic E-state index is 14.1. The molecule has 0 amide bonds. The maximum atomic E-state index is 14.1. The molecule has 0 radical (unpaired) electrons. The highest BCUT2D eigenvalue weighted by Gasteiger charge is 2.32. The minimum Gasteiger partial charge on any atom is -0.373 e. The van der Waals surface area contributed by atoms with E-state index in [2.05, 4.69) is 4.31 Å². The molecule has 0 saturated carbocycles. The van der Waals surface area contributed by atoms with Gasteiger partial charge in [0.15, 0.2) is 0 Å². The normalized spacial score (nSPS) is 19.5. The molecule has 1 saturated heterocycles. The molecule has 0 bridgehead atoms. The Morgan fingerprint density at radius 3 is 2.64 bits per heavy atom. The average Bonchev–Trinajstić information content (AvgIpc) is 3.29. The highest BCUT2D eigenvalue weighted by molar-refractivity contribution is 8.02. The molecule has 1 fully saturated rings. The van der Waals surface area contributed by atoms with E-state index in [4.69, 9.17) is 4.74 Å². The largest absolute Gasteiger partial charge is 0.373 e. The second kappa shape index (κ2) is 5.44. The molecule has 2 aliphatic rings. The Bertz CT molecular complexity index is 708. The zero-order valence-corrected chi connectivity index (χ0v) is 12.5. The van der Waals surface area contributed by atoms with Crippen LogP contribution in [0, 0.1) is 11.6 Å². The van der Waals surface area contributed by atoms with Crippen LogP contribution in [0.1, 0.15) is 6.42 Å². The SMILES string of the molecule is Fc1ccc(F)c(N2SN(CCC3CO3)c3ccccc32)c1. The molecule has 1 atom stereocenters. The monoisotopic (exact) mass is 320 g/mol. The fourth-order valence-electron chi connectivity index (χ4n) is 2.51. The summed E-state index contributed by atoms with van der Waals surface area (Å²) in [7, 11) is 0. The average molecular weight is 320 g/mol. The van der Waals surface area contributed by atoms with Gasteiger partial charge >= 0.3 is 0 Å². The van der Waals surface area contributed by atoms with E-state index in [1.165, 1.54) is 18.2 Å². The number of epoxide rings is 1. The first-order valence-corrected chi connectivity index (χ1v) is 7.87. The van der Waals surface area contributed by atoms with Crippen LogP contribution in [0.15, 0.2) is 42.5 Å². The minimum absolute atomic E-state index is 0.239. The molecule has 2 aromatic rings. The number of halogens is 2. The van der Waals surface area contributed by atoms with Gasteiger partial charge < -0.3 is 4.74 Å². The van der Waals surface area contributed by atoms with Crippen molar-refractivity contribution in [3.8, 4) is 0 Å². The molecule has 0 aliphatic carbocycles. The molecule has 0 N–H and O–H groups in total. The van der Waals surface area contributed by atoms with Gasteiger partial charge in [0.1, 0.15) is 11.6 Å². The second-order valence-corrected chi connectivity index (χ2v) is 6.28. The Balaban J connectivity index is 1.67. The van der Waals surface area contributed by atoms with E-state index in [1.807, 2.05) is 24.3 Å². The van der Waals surface area contributed by atoms with Gasteiger partial charge in [-0.2, -0.15) is 0 Å². The third-order valence-corrected chi connectivity index (χ3v) is 4.87. The van der Waals surface area contributed by atoms with Crippen LogP contribution in [0.4, 0.5) is 25.8 Å². The summed E-state index contributed by atoms with van der Waals surface area (Å²) < 4.78 is 36.7. The summed E-state index contributed by atoms with van der Waals surface area (Å²) in [6, 6.07) is 11.3. The molecule has 0 spiro atoms. The molecule has 22 heavy (non-hydrogen) atoms. The summed E-state index contributed by atoms with van der Waals surface area (Å²) in [5.74, 6) is -0.879. The van der Waals surface area contributed by atoms with E-state index < -0.39 is 11.6 Å². The predicted molar refractivity (Wildman–Crippen MR) is 84.2 cm³/mol. The third-order valence-electron chi connectivity index (χ3n) is 3.73. The van der Waals surface area contributed by atoms with Gasteiger partial charge in [-0.25, -0.2) is 8.78 Å². The van der Waals surface area contributed by atoms with Crippen LogP contribution in [0.25, 0.3) is 0 Å². The zero-order valence-electron chi connectivity index (χ0n) is 11.7. The molecule has 2 aromatic carbocycles. The van der Waals surface area contributed by atoms with Crippen molar-refractivity contribution in [1.82, 2.24) is 0 Å². The summed E-state index contributed by atoms with van der Waals surface area (Å²) in [5.41, 5.74) is 2.12. The molecule has 2 aliphatic heterocycles. The van der Waals surface area contributed by atoms with Gasteiger partial charge in [0, 0.05) is 12.6 Å². The molecular formula is C16H14F2N2OS. The second-order valence-electron chi connectivity index (χ2n) is 5.31. The van der Waals surface area contributed by atoms with Crippen molar-refractivity contribution in [2.24, 2.45) is 0 Å². The fourth-order valence-corrected chi connectivity index (χ4v) is 3.60. The van der Waals surface area contributed by atoms with Gasteiger partial charge in [0.05, 0.1) is 41.9 Å². The first-order valence-electron chi connectivity index (χ1n) is 7.14. The quantitative estimate of drug-likeness (QED) is 0.618. The van der Waals surface area contributed by atoms with Crippen LogP contribution in [0.5, 0.6) is 0 Å². The number of hydrogen-bond donors (Lipinski definition) is 0. The fraction of sp³-hybridized carbons (Fsp3) is 0.250. The standard InChI is InChI=1S/C16H14F2N2OS/c17-11-5-6-13(18)16(9-11)20-15-4-2-1-3-14(15)19(22-20)8-7-12-10-21-12/h1-6,9,12H,7-8,10H2. The van der Waals surface area contributed by atoms with Gasteiger partial charge in [-0.05, 0) is 30.7 Å². The molecule has 6 heteroatoms. The number of rotatable bonds is 4. The molecule has 1 unspecified atom stereocenters. The van der Waals surface area contributed by atoms with E-state index in [9.17, 15) is 8.78 Å².